The van der Waals surface area contributed by atoms with E-state index < -0.39 is 5.91 Å². The number of anilines is 2. The number of aromatic amines is 1. The van der Waals surface area contributed by atoms with Gasteiger partial charge in [0.2, 0.25) is 0 Å². The Kier molecular flexibility index (Phi) is 6.62. The first kappa shape index (κ1) is 23.0. The number of hydroxylamine groups is 1. The molecular weight excluding hydrogens is 454 g/mol. The minimum atomic E-state index is -0.660. The van der Waals surface area contributed by atoms with Gasteiger partial charge >= 0.3 is 0 Å². The Bertz CT molecular complexity index is 1410. The van der Waals surface area contributed by atoms with Gasteiger partial charge in [0.05, 0.1) is 16.1 Å². The smallest absolute Gasteiger partial charge is 0.267 e. The summed E-state index contributed by atoms with van der Waals surface area (Å²) in [4.78, 5) is 34.0. The quantitative estimate of drug-likeness (QED) is 0.183. The van der Waals surface area contributed by atoms with Crippen LogP contribution in [0.1, 0.15) is 15.9 Å². The summed E-state index contributed by atoms with van der Waals surface area (Å²) in [6.45, 7) is 0. The SMILES string of the molecule is CN(C)c1ccc2[nH]c(-c3cc(NC(=O)c4cccc(/C=C/C(=O)NO)c4)ccc3Cl)nc2c1. The van der Waals surface area contributed by atoms with Crippen molar-refractivity contribution in [3.05, 3.63) is 82.9 Å². The molecule has 0 saturated carbocycles. The third-order valence-corrected chi connectivity index (χ3v) is 5.48. The second-order valence-corrected chi connectivity index (χ2v) is 8.17. The first-order valence-electron chi connectivity index (χ1n) is 10.3. The van der Waals surface area contributed by atoms with Gasteiger partial charge in [0.25, 0.3) is 11.8 Å². The van der Waals surface area contributed by atoms with Crippen LogP contribution in [0, 0.1) is 0 Å². The number of nitrogens with one attached hydrogen (secondary N) is 3. The van der Waals surface area contributed by atoms with Crippen molar-refractivity contribution in [2.24, 2.45) is 0 Å². The van der Waals surface area contributed by atoms with Crippen molar-refractivity contribution >= 4 is 51.9 Å². The van der Waals surface area contributed by atoms with Crippen molar-refractivity contribution < 1.29 is 14.8 Å². The van der Waals surface area contributed by atoms with Crippen LogP contribution in [0.3, 0.4) is 0 Å². The fourth-order valence-electron chi connectivity index (χ4n) is 3.38. The lowest BCUT2D eigenvalue weighted by Gasteiger charge is -2.11. The third-order valence-electron chi connectivity index (χ3n) is 5.15. The number of halogens is 1. The normalized spacial score (nSPS) is 11.1. The molecule has 0 spiro atoms. The number of imidazole rings is 1. The molecule has 0 saturated heterocycles. The number of hydrogen-bond donors (Lipinski definition) is 4. The lowest BCUT2D eigenvalue weighted by Crippen LogP contribution is -2.14. The van der Waals surface area contributed by atoms with Crippen molar-refractivity contribution in [1.82, 2.24) is 15.4 Å². The zero-order chi connectivity index (χ0) is 24.2. The highest BCUT2D eigenvalue weighted by molar-refractivity contribution is 6.33. The summed E-state index contributed by atoms with van der Waals surface area (Å²) in [5.41, 5.74) is 6.50. The van der Waals surface area contributed by atoms with E-state index in [0.717, 1.165) is 22.8 Å². The van der Waals surface area contributed by atoms with Crippen molar-refractivity contribution in [2.45, 2.75) is 0 Å². The van der Waals surface area contributed by atoms with Crippen molar-refractivity contribution in [3.63, 3.8) is 0 Å². The molecule has 8 nitrogen and oxygen atoms in total. The van der Waals surface area contributed by atoms with Gasteiger partial charge in [-0.25, -0.2) is 10.5 Å². The predicted octanol–water partition coefficient (Wildman–Crippen LogP) is 4.72. The molecule has 0 atom stereocenters. The number of benzene rings is 3. The molecule has 1 heterocycles. The van der Waals surface area contributed by atoms with E-state index in [0.29, 0.717) is 33.2 Å². The average Bonchev–Trinajstić information content (AvgIpc) is 3.27. The van der Waals surface area contributed by atoms with E-state index in [1.165, 1.54) is 11.6 Å². The third kappa shape index (κ3) is 5.09. The van der Waals surface area contributed by atoms with Crippen molar-refractivity contribution in [2.75, 3.05) is 24.3 Å². The minimum absolute atomic E-state index is 0.324. The zero-order valence-electron chi connectivity index (χ0n) is 18.5. The van der Waals surface area contributed by atoms with Gasteiger partial charge in [-0.1, -0.05) is 23.7 Å². The van der Waals surface area contributed by atoms with Crippen LogP contribution >= 0.6 is 11.6 Å². The van der Waals surface area contributed by atoms with Gasteiger partial charge in [-0.05, 0) is 60.2 Å². The Balaban J connectivity index is 1.58. The monoisotopic (exact) mass is 475 g/mol. The number of carbonyl (C=O) groups excluding carboxylic acids is 2. The van der Waals surface area contributed by atoms with Gasteiger partial charge in [0.15, 0.2) is 0 Å². The molecule has 4 rings (SSSR count). The molecule has 0 aliphatic rings. The Morgan fingerprint density at radius 1 is 1.09 bits per heavy atom. The molecule has 2 amide bonds. The van der Waals surface area contributed by atoms with E-state index >= 15 is 0 Å². The van der Waals surface area contributed by atoms with Gasteiger partial charge in [-0.3, -0.25) is 14.8 Å². The minimum Gasteiger partial charge on any atom is -0.378 e. The average molecular weight is 476 g/mol. The number of nitrogens with zero attached hydrogens (tertiary/aromatic N) is 2. The van der Waals surface area contributed by atoms with Crippen LogP contribution in [0.5, 0.6) is 0 Å². The highest BCUT2D eigenvalue weighted by Crippen LogP contribution is 2.31. The second-order valence-electron chi connectivity index (χ2n) is 7.76. The molecule has 0 aliphatic heterocycles. The van der Waals surface area contributed by atoms with Gasteiger partial charge in [0, 0.05) is 42.7 Å². The topological polar surface area (TPSA) is 110 Å². The summed E-state index contributed by atoms with van der Waals surface area (Å²) in [6, 6.07) is 17.9. The molecule has 0 bridgehead atoms. The highest BCUT2D eigenvalue weighted by Gasteiger charge is 2.13. The Morgan fingerprint density at radius 2 is 1.91 bits per heavy atom. The lowest BCUT2D eigenvalue weighted by molar-refractivity contribution is -0.124. The second kappa shape index (κ2) is 9.78. The Labute approximate surface area is 200 Å². The van der Waals surface area contributed by atoms with Crippen LogP contribution in [0.15, 0.2) is 66.7 Å². The molecule has 34 heavy (non-hydrogen) atoms. The van der Waals surface area contributed by atoms with Crippen LogP contribution in [-0.2, 0) is 4.79 Å². The van der Waals surface area contributed by atoms with E-state index in [1.54, 1.807) is 42.5 Å². The lowest BCUT2D eigenvalue weighted by atomic mass is 10.1. The number of H-pyrrole nitrogens is 1. The zero-order valence-corrected chi connectivity index (χ0v) is 19.2. The molecule has 0 radical (unpaired) electrons. The van der Waals surface area contributed by atoms with Gasteiger partial charge < -0.3 is 15.2 Å². The Hall–Kier alpha value is -4.14. The maximum absolute atomic E-state index is 12.8. The maximum atomic E-state index is 12.8. The Morgan fingerprint density at radius 3 is 2.68 bits per heavy atom. The fourth-order valence-corrected chi connectivity index (χ4v) is 3.59. The maximum Gasteiger partial charge on any atom is 0.267 e. The highest BCUT2D eigenvalue weighted by atomic mass is 35.5. The predicted molar refractivity (Wildman–Crippen MR) is 134 cm³/mol. The first-order chi connectivity index (χ1) is 16.3. The summed E-state index contributed by atoms with van der Waals surface area (Å²) < 4.78 is 0. The number of fused-ring (bicyclic) bond motifs is 1. The molecule has 9 heteroatoms. The van der Waals surface area contributed by atoms with E-state index in [-0.39, 0.29) is 5.91 Å². The summed E-state index contributed by atoms with van der Waals surface area (Å²) in [6.07, 6.45) is 2.66. The number of hydrogen-bond acceptors (Lipinski definition) is 5. The number of amides is 2. The van der Waals surface area contributed by atoms with Crippen LogP contribution in [0.25, 0.3) is 28.5 Å². The number of carbonyl (C=O) groups is 2. The molecule has 1 aromatic heterocycles. The summed E-state index contributed by atoms with van der Waals surface area (Å²) in [5, 5.41) is 12.0. The summed E-state index contributed by atoms with van der Waals surface area (Å²) in [5.74, 6) is -0.385. The van der Waals surface area contributed by atoms with Crippen LogP contribution in [-0.4, -0.2) is 41.1 Å². The summed E-state index contributed by atoms with van der Waals surface area (Å²) >= 11 is 6.45. The molecule has 0 fully saturated rings. The number of rotatable bonds is 6. The van der Waals surface area contributed by atoms with Crippen molar-refractivity contribution in [1.29, 1.82) is 0 Å². The van der Waals surface area contributed by atoms with E-state index in [2.05, 4.69) is 15.3 Å². The molecule has 3 aromatic carbocycles. The fraction of sp³-hybridized carbons (Fsp3) is 0.0800. The largest absolute Gasteiger partial charge is 0.378 e. The molecule has 172 valence electrons. The standard InChI is InChI=1S/C25H22ClN5O3/c1-31(2)18-8-10-21-22(14-18)29-24(28-21)19-13-17(7-9-20(19)26)27-25(33)16-5-3-4-15(12-16)6-11-23(32)30-34/h3-14,34H,1-2H3,(H,27,33)(H,28,29)(H,30,32)/b11-6+. The van der Waals surface area contributed by atoms with Crippen molar-refractivity contribution in [3.8, 4) is 11.4 Å². The molecule has 0 aliphatic carbocycles. The molecule has 4 N–H and O–H groups in total. The van der Waals surface area contributed by atoms with Gasteiger partial charge in [-0.2, -0.15) is 0 Å². The van der Waals surface area contributed by atoms with Crippen LogP contribution < -0.4 is 15.7 Å². The van der Waals surface area contributed by atoms with Gasteiger partial charge in [-0.15, -0.1) is 0 Å². The molecule has 0 unspecified atom stereocenters. The van der Waals surface area contributed by atoms with E-state index in [4.69, 9.17) is 16.8 Å². The van der Waals surface area contributed by atoms with Crippen LogP contribution in [0.4, 0.5) is 11.4 Å². The molecule has 4 aromatic rings. The number of aromatic nitrogens is 2. The summed E-state index contributed by atoms with van der Waals surface area (Å²) in [7, 11) is 3.94. The molecular formula is C25H22ClN5O3. The van der Waals surface area contributed by atoms with E-state index in [9.17, 15) is 9.59 Å². The van der Waals surface area contributed by atoms with Gasteiger partial charge in [0.1, 0.15) is 5.82 Å². The van der Waals surface area contributed by atoms with E-state index in [1.807, 2.05) is 37.2 Å². The first-order valence-corrected chi connectivity index (χ1v) is 10.7. The van der Waals surface area contributed by atoms with Crippen LogP contribution in [0.2, 0.25) is 5.02 Å².